The number of carbonyl (C=O) groups is 2. The minimum absolute atomic E-state index is 0.0941. The minimum atomic E-state index is -3.67. The third kappa shape index (κ3) is 6.21. The lowest BCUT2D eigenvalue weighted by molar-refractivity contribution is 0.0951. The first-order valence-corrected chi connectivity index (χ1v) is 11.1. The molecule has 0 saturated carbocycles. The van der Waals surface area contributed by atoms with E-state index in [9.17, 15) is 18.0 Å². The van der Waals surface area contributed by atoms with Crippen LogP contribution in [0.15, 0.2) is 47.4 Å². The molecule has 162 valence electrons. The number of amides is 2. The van der Waals surface area contributed by atoms with Gasteiger partial charge < -0.3 is 20.1 Å². The van der Waals surface area contributed by atoms with Crippen molar-refractivity contribution in [2.24, 2.45) is 0 Å². The van der Waals surface area contributed by atoms with Gasteiger partial charge in [0, 0.05) is 6.54 Å². The fraction of sp³-hybridized carbons (Fsp3) is 0.333. The zero-order valence-electron chi connectivity index (χ0n) is 17.2. The predicted molar refractivity (Wildman–Crippen MR) is 112 cm³/mol. The maximum Gasteiger partial charge on any atom is 0.407 e. The second-order valence-electron chi connectivity index (χ2n) is 6.46. The molecule has 2 rings (SSSR count). The van der Waals surface area contributed by atoms with Crippen molar-refractivity contribution in [2.45, 2.75) is 25.2 Å². The summed E-state index contributed by atoms with van der Waals surface area (Å²) in [5.41, 5.74) is 2.20. The molecule has 0 aliphatic rings. The summed E-state index contributed by atoms with van der Waals surface area (Å²) < 4.78 is 34.5. The summed E-state index contributed by atoms with van der Waals surface area (Å²) >= 11 is 0. The van der Waals surface area contributed by atoms with Crippen molar-refractivity contribution in [3.8, 4) is 5.75 Å². The van der Waals surface area contributed by atoms with Crippen molar-refractivity contribution >= 4 is 21.8 Å². The molecular formula is C21H26N2O6S. The molecule has 0 aliphatic heterocycles. The van der Waals surface area contributed by atoms with Crippen LogP contribution in [-0.2, 0) is 21.0 Å². The van der Waals surface area contributed by atoms with Gasteiger partial charge in [0.25, 0.3) is 5.91 Å². The predicted octanol–water partition coefficient (Wildman–Crippen LogP) is 2.45. The molecule has 2 amide bonds. The molecule has 0 bridgehead atoms. The molecule has 2 aromatic carbocycles. The van der Waals surface area contributed by atoms with Crippen LogP contribution in [-0.4, -0.2) is 46.6 Å². The van der Waals surface area contributed by atoms with Gasteiger partial charge >= 0.3 is 6.09 Å². The monoisotopic (exact) mass is 434 g/mol. The standard InChI is InChI=1S/C21H26N2O6S/c1-4-29-21(25)23-14-30(26,27)17-10-8-16(9-11-17)12-13-22-20(24)18-7-5-6-15(2)19(18)28-3/h5-11H,4,12-14H2,1-3H3,(H,22,24)(H,23,25). The van der Waals surface area contributed by atoms with Gasteiger partial charge in [0.05, 0.1) is 24.2 Å². The van der Waals surface area contributed by atoms with Crippen molar-refractivity contribution in [3.05, 3.63) is 59.2 Å². The van der Waals surface area contributed by atoms with Crippen LogP contribution in [0.1, 0.15) is 28.4 Å². The summed E-state index contributed by atoms with van der Waals surface area (Å²) in [6.07, 6.45) is -0.250. The number of benzene rings is 2. The molecule has 0 saturated heterocycles. The molecule has 8 nitrogen and oxygen atoms in total. The van der Waals surface area contributed by atoms with Crippen LogP contribution in [0, 0.1) is 6.92 Å². The summed E-state index contributed by atoms with van der Waals surface area (Å²) in [6.45, 7) is 4.04. The highest BCUT2D eigenvalue weighted by Gasteiger charge is 2.16. The summed E-state index contributed by atoms with van der Waals surface area (Å²) in [6, 6.07) is 11.7. The van der Waals surface area contributed by atoms with E-state index >= 15 is 0 Å². The molecular weight excluding hydrogens is 408 g/mol. The van der Waals surface area contributed by atoms with Crippen molar-refractivity contribution in [1.82, 2.24) is 10.6 Å². The van der Waals surface area contributed by atoms with Gasteiger partial charge in [-0.1, -0.05) is 24.3 Å². The van der Waals surface area contributed by atoms with E-state index in [1.807, 2.05) is 13.0 Å². The topological polar surface area (TPSA) is 111 Å². The fourth-order valence-corrected chi connectivity index (χ4v) is 3.83. The van der Waals surface area contributed by atoms with Crippen LogP contribution in [0.4, 0.5) is 4.79 Å². The fourth-order valence-electron chi connectivity index (χ4n) is 2.80. The zero-order chi connectivity index (χ0) is 22.1. The van der Waals surface area contributed by atoms with Gasteiger partial charge in [0.1, 0.15) is 11.6 Å². The number of para-hydroxylation sites is 1. The van der Waals surface area contributed by atoms with E-state index in [2.05, 4.69) is 15.4 Å². The Kier molecular flexibility index (Phi) is 8.23. The molecule has 2 aromatic rings. The Morgan fingerprint density at radius 3 is 2.37 bits per heavy atom. The van der Waals surface area contributed by atoms with Gasteiger partial charge in [-0.15, -0.1) is 0 Å². The van der Waals surface area contributed by atoms with E-state index in [-0.39, 0.29) is 17.4 Å². The first kappa shape index (κ1) is 23.2. The van der Waals surface area contributed by atoms with Crippen LogP contribution < -0.4 is 15.4 Å². The average Bonchev–Trinajstić information content (AvgIpc) is 2.72. The van der Waals surface area contributed by atoms with Gasteiger partial charge in [-0.05, 0) is 49.6 Å². The molecule has 0 radical (unpaired) electrons. The Labute approximate surface area is 176 Å². The maximum atomic E-state index is 12.4. The number of sulfone groups is 1. The summed E-state index contributed by atoms with van der Waals surface area (Å²) in [7, 11) is -2.14. The zero-order valence-corrected chi connectivity index (χ0v) is 18.0. The molecule has 0 unspecified atom stereocenters. The number of hydrogen-bond acceptors (Lipinski definition) is 6. The highest BCUT2D eigenvalue weighted by molar-refractivity contribution is 7.91. The Morgan fingerprint density at radius 1 is 1.03 bits per heavy atom. The van der Waals surface area contributed by atoms with Crippen molar-refractivity contribution in [2.75, 3.05) is 26.1 Å². The lowest BCUT2D eigenvalue weighted by Gasteiger charge is -2.11. The molecule has 0 spiro atoms. The quantitative estimate of drug-likeness (QED) is 0.627. The smallest absolute Gasteiger partial charge is 0.407 e. The van der Waals surface area contributed by atoms with Crippen LogP contribution in [0.2, 0.25) is 0 Å². The second kappa shape index (κ2) is 10.6. The maximum absolute atomic E-state index is 12.4. The number of carbonyl (C=O) groups excluding carboxylic acids is 2. The molecule has 30 heavy (non-hydrogen) atoms. The van der Waals surface area contributed by atoms with E-state index in [4.69, 9.17) is 4.74 Å². The first-order chi connectivity index (χ1) is 14.3. The Bertz CT molecular complexity index is 987. The summed E-state index contributed by atoms with van der Waals surface area (Å²) in [5.74, 6) is -0.236. The van der Waals surface area contributed by atoms with E-state index in [0.717, 1.165) is 11.1 Å². The number of rotatable bonds is 9. The third-order valence-electron chi connectivity index (χ3n) is 4.32. The van der Waals surface area contributed by atoms with Crippen molar-refractivity contribution in [1.29, 1.82) is 0 Å². The lowest BCUT2D eigenvalue weighted by atomic mass is 10.1. The van der Waals surface area contributed by atoms with E-state index < -0.39 is 21.8 Å². The van der Waals surface area contributed by atoms with Crippen molar-refractivity contribution < 1.29 is 27.5 Å². The van der Waals surface area contributed by atoms with Crippen molar-refractivity contribution in [3.63, 3.8) is 0 Å². The molecule has 0 fully saturated rings. The first-order valence-electron chi connectivity index (χ1n) is 9.42. The molecule has 9 heteroatoms. The third-order valence-corrected chi connectivity index (χ3v) is 5.84. The lowest BCUT2D eigenvalue weighted by Crippen LogP contribution is -2.30. The Morgan fingerprint density at radius 2 is 1.73 bits per heavy atom. The van der Waals surface area contributed by atoms with Gasteiger partial charge in [-0.2, -0.15) is 0 Å². The van der Waals surface area contributed by atoms with Gasteiger partial charge in [0.2, 0.25) is 0 Å². The van der Waals surface area contributed by atoms with Gasteiger partial charge in [0.15, 0.2) is 9.84 Å². The number of methoxy groups -OCH3 is 1. The summed E-state index contributed by atoms with van der Waals surface area (Å²) in [4.78, 5) is 23.8. The number of nitrogens with one attached hydrogen (secondary N) is 2. The average molecular weight is 435 g/mol. The van der Waals surface area contributed by atoms with Gasteiger partial charge in [-0.3, -0.25) is 4.79 Å². The van der Waals surface area contributed by atoms with E-state index in [1.54, 1.807) is 31.2 Å². The van der Waals surface area contributed by atoms with Crippen LogP contribution in [0.5, 0.6) is 5.75 Å². The van der Waals surface area contributed by atoms with Crippen LogP contribution >= 0.6 is 0 Å². The Hall–Kier alpha value is -3.07. The normalized spacial score (nSPS) is 10.9. The number of ether oxygens (including phenoxy) is 2. The van der Waals surface area contributed by atoms with E-state index in [0.29, 0.717) is 24.3 Å². The number of aryl methyl sites for hydroxylation is 1. The van der Waals surface area contributed by atoms with Crippen LogP contribution in [0.25, 0.3) is 0 Å². The molecule has 0 heterocycles. The molecule has 0 aromatic heterocycles. The molecule has 2 N–H and O–H groups in total. The van der Waals surface area contributed by atoms with Crippen LogP contribution in [0.3, 0.4) is 0 Å². The number of hydrogen-bond donors (Lipinski definition) is 2. The number of alkyl carbamates (subject to hydrolysis) is 1. The molecule has 0 atom stereocenters. The minimum Gasteiger partial charge on any atom is -0.496 e. The second-order valence-corrected chi connectivity index (χ2v) is 8.45. The molecule has 0 aliphatic carbocycles. The highest BCUT2D eigenvalue weighted by atomic mass is 32.2. The largest absolute Gasteiger partial charge is 0.496 e. The Balaban J connectivity index is 1.91. The summed E-state index contributed by atoms with van der Waals surface area (Å²) in [5, 5.41) is 5.05. The SMILES string of the molecule is CCOC(=O)NCS(=O)(=O)c1ccc(CCNC(=O)c2cccc(C)c2OC)cc1. The van der Waals surface area contributed by atoms with Gasteiger partial charge in [-0.25, -0.2) is 13.2 Å². The van der Waals surface area contributed by atoms with E-state index in [1.165, 1.54) is 19.2 Å². The highest BCUT2D eigenvalue weighted by Crippen LogP contribution is 2.22.